The summed E-state index contributed by atoms with van der Waals surface area (Å²) in [6.07, 6.45) is 5.84. The van der Waals surface area contributed by atoms with Crippen molar-refractivity contribution in [1.82, 2.24) is 15.0 Å². The van der Waals surface area contributed by atoms with E-state index in [0.29, 0.717) is 23.1 Å². The molecule has 1 aliphatic carbocycles. The normalized spacial score (nSPS) is 26.9. The topological polar surface area (TPSA) is 69.3 Å². The van der Waals surface area contributed by atoms with Crippen LogP contribution in [0.2, 0.25) is 0 Å². The number of nitrogens with zero attached hydrogens (tertiary/aromatic N) is 2. The van der Waals surface area contributed by atoms with E-state index >= 15 is 0 Å². The molecule has 106 valence electrons. The summed E-state index contributed by atoms with van der Waals surface area (Å²) in [4.78, 5) is 12.4. The maximum Gasteiger partial charge on any atom is 0.253 e. The molecule has 3 unspecified atom stereocenters. The minimum absolute atomic E-state index is 0.0385. The van der Waals surface area contributed by atoms with Gasteiger partial charge < -0.3 is 15.0 Å². The molecule has 1 saturated carbocycles. The average Bonchev–Trinajstić information content (AvgIpc) is 3.21. The average molecular weight is 280 g/mol. The Labute approximate surface area is 122 Å². The highest BCUT2D eigenvalue weighted by Crippen LogP contribution is 2.31. The van der Waals surface area contributed by atoms with E-state index in [4.69, 9.17) is 5.26 Å². The van der Waals surface area contributed by atoms with Crippen LogP contribution in [-0.2, 0) is 0 Å². The second-order valence-electron chi connectivity index (χ2n) is 5.98. The van der Waals surface area contributed by atoms with Gasteiger partial charge in [0.2, 0.25) is 0 Å². The molecule has 5 nitrogen and oxygen atoms in total. The Morgan fingerprint density at radius 1 is 1.38 bits per heavy atom. The first kappa shape index (κ1) is 12.4. The smallest absolute Gasteiger partial charge is 0.253 e. The number of fused-ring (bicyclic) bond motifs is 3. The molecule has 2 fully saturated rings. The van der Waals surface area contributed by atoms with Crippen molar-refractivity contribution < 1.29 is 4.79 Å². The van der Waals surface area contributed by atoms with Gasteiger partial charge in [0, 0.05) is 24.5 Å². The Morgan fingerprint density at radius 2 is 2.29 bits per heavy atom. The first-order valence-corrected chi connectivity index (χ1v) is 7.29. The van der Waals surface area contributed by atoms with Gasteiger partial charge in [-0.25, -0.2) is 0 Å². The molecule has 2 aromatic rings. The van der Waals surface area contributed by atoms with Crippen molar-refractivity contribution in [2.45, 2.75) is 24.9 Å². The predicted octanol–water partition coefficient (Wildman–Crippen LogP) is 1.29. The van der Waals surface area contributed by atoms with E-state index in [9.17, 15) is 4.79 Å². The summed E-state index contributed by atoms with van der Waals surface area (Å²) in [7, 11) is 0. The lowest BCUT2D eigenvalue weighted by atomic mass is 10.1. The molecule has 0 aromatic carbocycles. The number of nitriles is 1. The standard InChI is InChI=1S/C16H16N4O/c17-7-11-3-4-20-9-12(1-2-15(11)20)16(21)19-14-6-10-5-13(14)18-8-10/h1-4,9-10,13-14,18H,5-6,8H2,(H,19,21). The number of amides is 1. The highest BCUT2D eigenvalue weighted by atomic mass is 16.1. The number of nitrogens with one attached hydrogen (secondary N) is 2. The van der Waals surface area contributed by atoms with Crippen LogP contribution in [0.5, 0.6) is 0 Å². The zero-order valence-corrected chi connectivity index (χ0v) is 11.5. The maximum absolute atomic E-state index is 12.4. The van der Waals surface area contributed by atoms with Gasteiger partial charge >= 0.3 is 0 Å². The SMILES string of the molecule is N#Cc1ccn2cc(C(=O)NC3CC4CNC3C4)ccc12. The zero-order valence-electron chi connectivity index (χ0n) is 11.5. The van der Waals surface area contributed by atoms with Gasteiger partial charge in [-0.05, 0) is 43.5 Å². The minimum Gasteiger partial charge on any atom is -0.348 e. The lowest BCUT2D eigenvalue weighted by Crippen LogP contribution is -2.47. The van der Waals surface area contributed by atoms with Crippen LogP contribution in [0.15, 0.2) is 30.6 Å². The molecule has 1 aliphatic heterocycles. The van der Waals surface area contributed by atoms with Gasteiger partial charge in [0.1, 0.15) is 6.07 Å². The Bertz CT molecular complexity index is 757. The second kappa shape index (κ2) is 4.61. The molecule has 2 aromatic heterocycles. The lowest BCUT2D eigenvalue weighted by Gasteiger charge is -2.24. The second-order valence-corrected chi connectivity index (χ2v) is 5.98. The highest BCUT2D eigenvalue weighted by molar-refractivity contribution is 5.94. The number of hydrogen-bond donors (Lipinski definition) is 2. The van der Waals surface area contributed by atoms with Crippen molar-refractivity contribution in [2.75, 3.05) is 6.54 Å². The van der Waals surface area contributed by atoms with Crippen LogP contribution in [0.25, 0.3) is 5.52 Å². The van der Waals surface area contributed by atoms with Crippen LogP contribution in [0, 0.1) is 17.2 Å². The maximum atomic E-state index is 12.4. The van der Waals surface area contributed by atoms with E-state index in [1.807, 2.05) is 16.7 Å². The molecule has 1 amide bonds. The van der Waals surface area contributed by atoms with Crippen LogP contribution in [0.1, 0.15) is 28.8 Å². The van der Waals surface area contributed by atoms with Gasteiger partial charge in [0.15, 0.2) is 0 Å². The summed E-state index contributed by atoms with van der Waals surface area (Å²) in [5.74, 6) is 0.675. The van der Waals surface area contributed by atoms with Gasteiger partial charge in [0.05, 0.1) is 16.6 Å². The summed E-state index contributed by atoms with van der Waals surface area (Å²) < 4.78 is 1.83. The third-order valence-corrected chi connectivity index (χ3v) is 4.68. The van der Waals surface area contributed by atoms with Gasteiger partial charge in [-0.2, -0.15) is 5.26 Å². The Kier molecular flexibility index (Phi) is 2.72. The third-order valence-electron chi connectivity index (χ3n) is 4.68. The van der Waals surface area contributed by atoms with E-state index in [-0.39, 0.29) is 11.9 Å². The van der Waals surface area contributed by atoms with E-state index in [0.717, 1.165) is 18.5 Å². The largest absolute Gasteiger partial charge is 0.348 e. The highest BCUT2D eigenvalue weighted by Gasteiger charge is 2.40. The van der Waals surface area contributed by atoms with Crippen molar-refractivity contribution in [3.8, 4) is 6.07 Å². The molecule has 2 bridgehead atoms. The Balaban J connectivity index is 1.55. The van der Waals surface area contributed by atoms with Gasteiger partial charge in [-0.3, -0.25) is 4.79 Å². The summed E-state index contributed by atoms with van der Waals surface area (Å²) in [6, 6.07) is 8.19. The molecule has 1 saturated heterocycles. The Hall–Kier alpha value is -2.32. The number of piperidine rings is 1. The summed E-state index contributed by atoms with van der Waals surface area (Å²) in [5.41, 5.74) is 2.08. The molecule has 0 spiro atoms. The van der Waals surface area contributed by atoms with E-state index in [1.54, 1.807) is 18.3 Å². The molecular weight excluding hydrogens is 264 g/mol. The summed E-state index contributed by atoms with van der Waals surface area (Å²) in [6.45, 7) is 1.09. The first-order chi connectivity index (χ1) is 10.2. The molecule has 4 rings (SSSR count). The van der Waals surface area contributed by atoms with Crippen molar-refractivity contribution in [1.29, 1.82) is 5.26 Å². The molecule has 3 heterocycles. The van der Waals surface area contributed by atoms with Crippen LogP contribution in [-0.4, -0.2) is 28.9 Å². The quantitative estimate of drug-likeness (QED) is 0.871. The van der Waals surface area contributed by atoms with Crippen LogP contribution in [0.4, 0.5) is 0 Å². The summed E-state index contributed by atoms with van der Waals surface area (Å²) in [5, 5.41) is 15.6. The number of pyridine rings is 1. The summed E-state index contributed by atoms with van der Waals surface area (Å²) >= 11 is 0. The molecule has 21 heavy (non-hydrogen) atoms. The first-order valence-electron chi connectivity index (χ1n) is 7.29. The van der Waals surface area contributed by atoms with Crippen LogP contribution < -0.4 is 10.6 Å². The zero-order chi connectivity index (χ0) is 14.4. The number of hydrogen-bond acceptors (Lipinski definition) is 3. The molecule has 5 heteroatoms. The van der Waals surface area contributed by atoms with Crippen molar-refractivity contribution in [3.63, 3.8) is 0 Å². The fourth-order valence-corrected chi connectivity index (χ4v) is 3.60. The van der Waals surface area contributed by atoms with Crippen molar-refractivity contribution in [2.24, 2.45) is 5.92 Å². The molecule has 3 atom stereocenters. The van der Waals surface area contributed by atoms with E-state index < -0.39 is 0 Å². The van der Waals surface area contributed by atoms with Crippen molar-refractivity contribution >= 4 is 11.4 Å². The molecular formula is C16H16N4O. The number of rotatable bonds is 2. The van der Waals surface area contributed by atoms with Crippen LogP contribution in [0.3, 0.4) is 0 Å². The van der Waals surface area contributed by atoms with Gasteiger partial charge in [0.25, 0.3) is 5.91 Å². The molecule has 2 aliphatic rings. The fraction of sp³-hybridized carbons (Fsp3) is 0.375. The minimum atomic E-state index is -0.0385. The van der Waals surface area contributed by atoms with E-state index in [1.165, 1.54) is 6.42 Å². The lowest BCUT2D eigenvalue weighted by molar-refractivity contribution is 0.0928. The Morgan fingerprint density at radius 3 is 3.00 bits per heavy atom. The monoisotopic (exact) mass is 280 g/mol. The third kappa shape index (κ3) is 1.99. The van der Waals surface area contributed by atoms with Gasteiger partial charge in [-0.15, -0.1) is 0 Å². The number of aromatic nitrogens is 1. The van der Waals surface area contributed by atoms with E-state index in [2.05, 4.69) is 16.7 Å². The van der Waals surface area contributed by atoms with Crippen molar-refractivity contribution in [3.05, 3.63) is 41.7 Å². The molecule has 2 N–H and O–H groups in total. The molecule has 0 radical (unpaired) electrons. The number of carbonyl (C=O) groups is 1. The van der Waals surface area contributed by atoms with Crippen LogP contribution >= 0.6 is 0 Å². The van der Waals surface area contributed by atoms with Gasteiger partial charge in [-0.1, -0.05) is 0 Å². The number of carbonyl (C=O) groups excluding carboxylic acids is 1. The fourth-order valence-electron chi connectivity index (χ4n) is 3.60. The predicted molar refractivity (Wildman–Crippen MR) is 77.9 cm³/mol.